The third kappa shape index (κ3) is 4.27. The van der Waals surface area contributed by atoms with E-state index in [9.17, 15) is 4.79 Å². The van der Waals surface area contributed by atoms with Gasteiger partial charge in [0, 0.05) is 56.9 Å². The molecule has 1 aliphatic heterocycles. The topological polar surface area (TPSA) is 48.7 Å². The molecule has 5 nitrogen and oxygen atoms in total. The van der Waals surface area contributed by atoms with Crippen molar-refractivity contribution in [2.45, 2.75) is 12.5 Å². The minimum atomic E-state index is -2.95. The molecule has 3 aromatic rings. The number of hydrogen-bond acceptors (Lipinski definition) is 2. The third-order valence-electron chi connectivity index (χ3n) is 5.28. The first-order valence-corrected chi connectivity index (χ1v) is 10.8. The van der Waals surface area contributed by atoms with Gasteiger partial charge >= 0.3 is 6.09 Å². The van der Waals surface area contributed by atoms with Gasteiger partial charge in [-0.2, -0.15) is 0 Å². The molecule has 2 heterocycles. The highest BCUT2D eigenvalue weighted by molar-refractivity contribution is 9.10. The maximum absolute atomic E-state index is 15.0. The van der Waals surface area contributed by atoms with Crippen LogP contribution in [-0.4, -0.2) is 64.2 Å². The van der Waals surface area contributed by atoms with Crippen molar-refractivity contribution in [1.29, 1.82) is 0 Å². The van der Waals surface area contributed by atoms with E-state index < -0.39 is 25.1 Å². The number of aromatic nitrogens is 1. The average Bonchev–Trinajstić information content (AvgIpc) is 2.93. The van der Waals surface area contributed by atoms with E-state index in [-0.39, 0.29) is 13.1 Å². The summed E-state index contributed by atoms with van der Waals surface area (Å²) in [4.78, 5) is 13.9. The zero-order valence-corrected chi connectivity index (χ0v) is 18.6. The molecule has 1 fully saturated rings. The van der Waals surface area contributed by atoms with Crippen molar-refractivity contribution in [2.75, 3.05) is 32.7 Å². The van der Waals surface area contributed by atoms with Gasteiger partial charge in [-0.1, -0.05) is 31.9 Å². The van der Waals surface area contributed by atoms with E-state index in [1.54, 1.807) is 9.47 Å². The van der Waals surface area contributed by atoms with Crippen LogP contribution in [0.15, 0.2) is 45.3 Å². The van der Waals surface area contributed by atoms with Crippen LogP contribution in [0.25, 0.3) is 21.8 Å². The Labute approximate surface area is 183 Å². The summed E-state index contributed by atoms with van der Waals surface area (Å²) in [7, 11) is 0. The number of halogens is 4. The average molecular weight is 531 g/mol. The van der Waals surface area contributed by atoms with Crippen molar-refractivity contribution < 1.29 is 18.7 Å². The van der Waals surface area contributed by atoms with Gasteiger partial charge in [-0.05, 0) is 36.4 Å². The van der Waals surface area contributed by atoms with E-state index in [1.807, 2.05) is 36.4 Å². The number of carbonyl (C=O) groups is 1. The van der Waals surface area contributed by atoms with E-state index in [4.69, 9.17) is 5.11 Å². The summed E-state index contributed by atoms with van der Waals surface area (Å²) in [6, 6.07) is 11.3. The lowest BCUT2D eigenvalue weighted by atomic mass is 10.2. The van der Waals surface area contributed by atoms with Gasteiger partial charge in [-0.25, -0.2) is 13.6 Å². The van der Waals surface area contributed by atoms with E-state index in [2.05, 4.69) is 31.9 Å². The molecule has 1 N–H and O–H groups in total. The van der Waals surface area contributed by atoms with Crippen molar-refractivity contribution in [3.8, 4) is 0 Å². The number of benzene rings is 2. The summed E-state index contributed by atoms with van der Waals surface area (Å²) in [5.74, 6) is -2.95. The van der Waals surface area contributed by atoms with Crippen LogP contribution < -0.4 is 0 Å². The van der Waals surface area contributed by atoms with Crippen molar-refractivity contribution in [1.82, 2.24) is 14.4 Å². The number of piperazine rings is 1. The Morgan fingerprint density at radius 3 is 1.93 bits per heavy atom. The molecule has 0 spiro atoms. The number of hydrogen-bond donors (Lipinski definition) is 1. The summed E-state index contributed by atoms with van der Waals surface area (Å²) in [6.45, 7) is 0.305. The van der Waals surface area contributed by atoms with Crippen LogP contribution in [0.1, 0.15) is 0 Å². The van der Waals surface area contributed by atoms with Crippen LogP contribution in [0.3, 0.4) is 0 Å². The number of amides is 1. The van der Waals surface area contributed by atoms with Crippen molar-refractivity contribution in [3.63, 3.8) is 0 Å². The second-order valence-electron chi connectivity index (χ2n) is 7.31. The van der Waals surface area contributed by atoms with Gasteiger partial charge in [0.25, 0.3) is 5.92 Å². The Hall–Kier alpha value is -1.71. The number of fused-ring (bicyclic) bond motifs is 3. The lowest BCUT2D eigenvalue weighted by Crippen LogP contribution is -2.51. The van der Waals surface area contributed by atoms with Crippen LogP contribution in [-0.2, 0) is 6.54 Å². The molecule has 1 amide bonds. The Balaban J connectivity index is 1.62. The van der Waals surface area contributed by atoms with Crippen LogP contribution >= 0.6 is 31.9 Å². The number of rotatable bonds is 4. The maximum Gasteiger partial charge on any atom is 0.407 e. The van der Waals surface area contributed by atoms with Crippen LogP contribution in [0.5, 0.6) is 0 Å². The van der Waals surface area contributed by atoms with Crippen molar-refractivity contribution >= 4 is 59.8 Å². The SMILES string of the molecule is O=C(O)N1CCN(CC(F)(F)Cn2c3ccc(Br)cc3c3cc(Br)ccc32)CC1. The first kappa shape index (κ1) is 20.6. The lowest BCUT2D eigenvalue weighted by molar-refractivity contribution is -0.0516. The van der Waals surface area contributed by atoms with E-state index in [0.29, 0.717) is 13.1 Å². The second-order valence-corrected chi connectivity index (χ2v) is 9.14. The molecule has 0 saturated carbocycles. The summed E-state index contributed by atoms with van der Waals surface area (Å²) in [5.41, 5.74) is 1.52. The predicted octanol–water partition coefficient (Wildman–Crippen LogP) is 5.25. The Kier molecular flexibility index (Phi) is 5.56. The molecule has 1 saturated heterocycles. The molecule has 9 heteroatoms. The van der Waals surface area contributed by atoms with Gasteiger partial charge < -0.3 is 14.6 Å². The molecule has 1 aliphatic rings. The van der Waals surface area contributed by atoms with Gasteiger partial charge in [0.15, 0.2) is 0 Å². The number of nitrogens with zero attached hydrogens (tertiary/aromatic N) is 3. The number of carboxylic acid groups (broad SMARTS) is 1. The normalized spacial score (nSPS) is 16.1. The molecule has 1 aromatic heterocycles. The molecule has 0 atom stereocenters. The Morgan fingerprint density at radius 1 is 0.931 bits per heavy atom. The number of alkyl halides is 2. The molecular weight excluding hydrogens is 512 g/mol. The minimum Gasteiger partial charge on any atom is -0.465 e. The fraction of sp³-hybridized carbons (Fsp3) is 0.350. The molecule has 0 bridgehead atoms. The summed E-state index contributed by atoms with van der Waals surface area (Å²) >= 11 is 6.93. The highest BCUT2D eigenvalue weighted by atomic mass is 79.9. The molecule has 29 heavy (non-hydrogen) atoms. The fourth-order valence-electron chi connectivity index (χ4n) is 3.92. The molecule has 154 valence electrons. The van der Waals surface area contributed by atoms with Gasteiger partial charge in [-0.15, -0.1) is 0 Å². The second kappa shape index (κ2) is 7.85. The molecular formula is C20H19Br2F2N3O2. The van der Waals surface area contributed by atoms with Crippen LogP contribution in [0.4, 0.5) is 13.6 Å². The van der Waals surface area contributed by atoms with E-state index >= 15 is 8.78 Å². The highest BCUT2D eigenvalue weighted by Gasteiger charge is 2.35. The fourth-order valence-corrected chi connectivity index (χ4v) is 4.65. The monoisotopic (exact) mass is 529 g/mol. The van der Waals surface area contributed by atoms with Gasteiger partial charge in [0.05, 0.1) is 13.1 Å². The molecule has 0 radical (unpaired) electrons. The first-order chi connectivity index (χ1) is 13.7. The van der Waals surface area contributed by atoms with Gasteiger partial charge in [0.1, 0.15) is 0 Å². The van der Waals surface area contributed by atoms with Crippen LogP contribution in [0.2, 0.25) is 0 Å². The molecule has 4 rings (SSSR count). The smallest absolute Gasteiger partial charge is 0.407 e. The minimum absolute atomic E-state index is 0.253. The van der Waals surface area contributed by atoms with Gasteiger partial charge in [0.2, 0.25) is 0 Å². The van der Waals surface area contributed by atoms with Crippen LogP contribution in [0, 0.1) is 0 Å². The molecule has 0 unspecified atom stereocenters. The maximum atomic E-state index is 15.0. The molecule has 2 aromatic carbocycles. The highest BCUT2D eigenvalue weighted by Crippen LogP contribution is 2.35. The van der Waals surface area contributed by atoms with Crippen molar-refractivity contribution in [3.05, 3.63) is 45.3 Å². The van der Waals surface area contributed by atoms with E-state index in [1.165, 1.54) is 4.90 Å². The Bertz CT molecular complexity index is 1020. The summed E-state index contributed by atoms with van der Waals surface area (Å²) in [6.07, 6.45) is -1.00. The Morgan fingerprint density at radius 2 is 1.45 bits per heavy atom. The lowest BCUT2D eigenvalue weighted by Gasteiger charge is -2.35. The van der Waals surface area contributed by atoms with Crippen molar-refractivity contribution in [2.24, 2.45) is 0 Å². The zero-order valence-electron chi connectivity index (χ0n) is 15.4. The summed E-state index contributed by atoms with van der Waals surface area (Å²) < 4.78 is 33.5. The third-order valence-corrected chi connectivity index (χ3v) is 6.26. The summed E-state index contributed by atoms with van der Waals surface area (Å²) in [5, 5.41) is 10.9. The largest absolute Gasteiger partial charge is 0.465 e. The predicted molar refractivity (Wildman–Crippen MR) is 116 cm³/mol. The molecule has 0 aliphatic carbocycles. The quantitative estimate of drug-likeness (QED) is 0.501. The standard InChI is InChI=1S/C20H19Br2F2N3O2/c21-13-1-3-17-15(9-13)16-10-14(22)2-4-18(16)27(17)12-20(23,24)11-25-5-7-26(8-6-25)19(28)29/h1-4,9-10H,5-8,11-12H2,(H,28,29). The first-order valence-electron chi connectivity index (χ1n) is 9.19. The zero-order chi connectivity index (χ0) is 20.8. The van der Waals surface area contributed by atoms with E-state index in [0.717, 1.165) is 30.8 Å². The van der Waals surface area contributed by atoms with Gasteiger partial charge in [-0.3, -0.25) is 4.90 Å².